The zero-order valence-corrected chi connectivity index (χ0v) is 12.6. The molecular weight excluding hydrogens is 248 g/mol. The summed E-state index contributed by atoms with van der Waals surface area (Å²) in [5, 5.41) is 6.61. The molecule has 0 bridgehead atoms. The fourth-order valence-electron chi connectivity index (χ4n) is 2.19. The van der Waals surface area contributed by atoms with E-state index in [1.54, 1.807) is 0 Å². The Morgan fingerprint density at radius 1 is 0.900 bits per heavy atom. The van der Waals surface area contributed by atoms with Crippen molar-refractivity contribution in [1.82, 2.24) is 9.97 Å². The fourth-order valence-corrected chi connectivity index (χ4v) is 2.19. The molecule has 0 amide bonds. The molecule has 0 aliphatic rings. The third kappa shape index (κ3) is 3.70. The summed E-state index contributed by atoms with van der Waals surface area (Å²) in [6.07, 6.45) is 0.820. The van der Waals surface area contributed by atoms with Crippen LogP contribution in [-0.4, -0.2) is 16.5 Å². The first kappa shape index (κ1) is 14.3. The summed E-state index contributed by atoms with van der Waals surface area (Å²) in [6, 6.07) is 8.34. The van der Waals surface area contributed by atoms with Crippen molar-refractivity contribution in [3.05, 3.63) is 41.2 Å². The lowest BCUT2D eigenvalue weighted by Crippen LogP contribution is -2.05. The highest BCUT2D eigenvalue weighted by molar-refractivity contribution is 5.60. The quantitative estimate of drug-likeness (QED) is 0.867. The SMILES string of the molecule is CCNc1cc(Nc2cc(C)cc(C)c2)nc(CC)n1. The van der Waals surface area contributed by atoms with Gasteiger partial charge in [-0.1, -0.05) is 13.0 Å². The molecule has 0 saturated carbocycles. The molecule has 2 aromatic rings. The molecular formula is C16H22N4. The number of anilines is 3. The summed E-state index contributed by atoms with van der Waals surface area (Å²) in [7, 11) is 0. The van der Waals surface area contributed by atoms with Gasteiger partial charge in [-0.25, -0.2) is 9.97 Å². The Bertz CT molecular complexity index is 573. The third-order valence-corrected chi connectivity index (χ3v) is 2.94. The normalized spacial score (nSPS) is 10.4. The van der Waals surface area contributed by atoms with Crippen LogP contribution in [0.3, 0.4) is 0 Å². The number of aryl methyl sites for hydroxylation is 3. The molecule has 1 aromatic heterocycles. The Morgan fingerprint density at radius 2 is 1.55 bits per heavy atom. The summed E-state index contributed by atoms with van der Waals surface area (Å²) < 4.78 is 0. The van der Waals surface area contributed by atoms with E-state index in [1.807, 2.05) is 6.07 Å². The lowest BCUT2D eigenvalue weighted by atomic mass is 10.1. The van der Waals surface area contributed by atoms with Crippen LogP contribution in [0.5, 0.6) is 0 Å². The summed E-state index contributed by atoms with van der Waals surface area (Å²) in [4.78, 5) is 8.98. The maximum atomic E-state index is 4.53. The number of nitrogens with one attached hydrogen (secondary N) is 2. The second-order valence-electron chi connectivity index (χ2n) is 4.94. The van der Waals surface area contributed by atoms with Gasteiger partial charge in [0.1, 0.15) is 17.5 Å². The standard InChI is InChI=1S/C16H22N4/c1-5-14-19-15(17-6-2)10-16(20-14)18-13-8-11(3)7-12(4)9-13/h7-10H,5-6H2,1-4H3,(H2,17,18,19,20). The number of rotatable bonds is 5. The minimum Gasteiger partial charge on any atom is -0.370 e. The number of benzene rings is 1. The average molecular weight is 270 g/mol. The summed E-state index contributed by atoms with van der Waals surface area (Å²) in [5.41, 5.74) is 3.54. The van der Waals surface area contributed by atoms with Gasteiger partial charge in [-0.05, 0) is 44.0 Å². The zero-order valence-electron chi connectivity index (χ0n) is 12.6. The molecule has 2 rings (SSSR count). The zero-order chi connectivity index (χ0) is 14.5. The topological polar surface area (TPSA) is 49.8 Å². The Morgan fingerprint density at radius 3 is 2.15 bits per heavy atom. The Kier molecular flexibility index (Phi) is 4.56. The van der Waals surface area contributed by atoms with E-state index < -0.39 is 0 Å². The van der Waals surface area contributed by atoms with Crippen LogP contribution in [0.4, 0.5) is 17.3 Å². The van der Waals surface area contributed by atoms with Gasteiger partial charge in [0.15, 0.2) is 0 Å². The van der Waals surface area contributed by atoms with E-state index in [0.717, 1.165) is 36.1 Å². The van der Waals surface area contributed by atoms with E-state index in [4.69, 9.17) is 0 Å². The minimum absolute atomic E-state index is 0.820. The van der Waals surface area contributed by atoms with Crippen molar-refractivity contribution in [3.8, 4) is 0 Å². The minimum atomic E-state index is 0.820. The first-order valence-electron chi connectivity index (χ1n) is 7.08. The van der Waals surface area contributed by atoms with Crippen LogP contribution in [0.15, 0.2) is 24.3 Å². The van der Waals surface area contributed by atoms with Crippen LogP contribution in [-0.2, 0) is 6.42 Å². The van der Waals surface area contributed by atoms with Crippen molar-refractivity contribution in [3.63, 3.8) is 0 Å². The van der Waals surface area contributed by atoms with Crippen molar-refractivity contribution in [2.24, 2.45) is 0 Å². The van der Waals surface area contributed by atoms with E-state index in [1.165, 1.54) is 11.1 Å². The van der Waals surface area contributed by atoms with Crippen molar-refractivity contribution in [2.75, 3.05) is 17.2 Å². The molecule has 0 saturated heterocycles. The Hall–Kier alpha value is -2.10. The van der Waals surface area contributed by atoms with Gasteiger partial charge in [-0.3, -0.25) is 0 Å². The largest absolute Gasteiger partial charge is 0.370 e. The highest BCUT2D eigenvalue weighted by atomic mass is 15.1. The second kappa shape index (κ2) is 6.37. The lowest BCUT2D eigenvalue weighted by molar-refractivity contribution is 0.939. The molecule has 1 aromatic carbocycles. The maximum absolute atomic E-state index is 4.53. The van der Waals surface area contributed by atoms with Crippen LogP contribution in [0.2, 0.25) is 0 Å². The molecule has 0 radical (unpaired) electrons. The van der Waals surface area contributed by atoms with Gasteiger partial charge in [0.2, 0.25) is 0 Å². The van der Waals surface area contributed by atoms with Crippen molar-refractivity contribution < 1.29 is 0 Å². The average Bonchev–Trinajstić information content (AvgIpc) is 2.37. The highest BCUT2D eigenvalue weighted by Gasteiger charge is 2.04. The second-order valence-corrected chi connectivity index (χ2v) is 4.94. The van der Waals surface area contributed by atoms with Gasteiger partial charge < -0.3 is 10.6 Å². The third-order valence-electron chi connectivity index (χ3n) is 2.94. The Balaban J connectivity index is 2.29. The summed E-state index contributed by atoms with van der Waals surface area (Å²) in [5.74, 6) is 2.54. The molecule has 0 aliphatic heterocycles. The Labute approximate surface area is 120 Å². The number of aromatic nitrogens is 2. The molecule has 20 heavy (non-hydrogen) atoms. The number of hydrogen-bond donors (Lipinski definition) is 2. The van der Waals surface area contributed by atoms with Gasteiger partial charge >= 0.3 is 0 Å². The van der Waals surface area contributed by atoms with Crippen molar-refractivity contribution in [2.45, 2.75) is 34.1 Å². The van der Waals surface area contributed by atoms with Crippen molar-refractivity contribution >= 4 is 17.3 Å². The number of nitrogens with zero attached hydrogens (tertiary/aromatic N) is 2. The smallest absolute Gasteiger partial charge is 0.136 e. The van der Waals surface area contributed by atoms with E-state index >= 15 is 0 Å². The van der Waals surface area contributed by atoms with Crippen LogP contribution in [0.25, 0.3) is 0 Å². The van der Waals surface area contributed by atoms with Crippen molar-refractivity contribution in [1.29, 1.82) is 0 Å². The molecule has 0 atom stereocenters. The molecule has 2 N–H and O–H groups in total. The maximum Gasteiger partial charge on any atom is 0.136 e. The van der Waals surface area contributed by atoms with Crippen LogP contribution in [0.1, 0.15) is 30.8 Å². The molecule has 0 aliphatic carbocycles. The first-order chi connectivity index (χ1) is 9.60. The van der Waals surface area contributed by atoms with Gasteiger partial charge in [0.05, 0.1) is 0 Å². The molecule has 1 heterocycles. The lowest BCUT2D eigenvalue weighted by Gasteiger charge is -2.11. The molecule has 0 fully saturated rings. The molecule has 0 unspecified atom stereocenters. The van der Waals surface area contributed by atoms with E-state index in [9.17, 15) is 0 Å². The molecule has 0 spiro atoms. The molecule has 4 nitrogen and oxygen atoms in total. The predicted molar refractivity (Wildman–Crippen MR) is 84.8 cm³/mol. The summed E-state index contributed by atoms with van der Waals surface area (Å²) >= 11 is 0. The highest BCUT2D eigenvalue weighted by Crippen LogP contribution is 2.20. The monoisotopic (exact) mass is 270 g/mol. The van der Waals surface area contributed by atoms with Gasteiger partial charge in [-0.15, -0.1) is 0 Å². The van der Waals surface area contributed by atoms with Crippen LogP contribution in [0, 0.1) is 13.8 Å². The first-order valence-corrected chi connectivity index (χ1v) is 7.08. The van der Waals surface area contributed by atoms with Gasteiger partial charge in [0.25, 0.3) is 0 Å². The van der Waals surface area contributed by atoms with E-state index in [0.29, 0.717) is 0 Å². The fraction of sp³-hybridized carbons (Fsp3) is 0.375. The number of hydrogen-bond acceptors (Lipinski definition) is 4. The predicted octanol–water partition coefficient (Wildman–Crippen LogP) is 3.83. The molecule has 4 heteroatoms. The van der Waals surface area contributed by atoms with Crippen LogP contribution < -0.4 is 10.6 Å². The van der Waals surface area contributed by atoms with E-state index in [2.05, 4.69) is 66.5 Å². The van der Waals surface area contributed by atoms with E-state index in [-0.39, 0.29) is 0 Å². The van der Waals surface area contributed by atoms with Gasteiger partial charge in [0, 0.05) is 24.7 Å². The van der Waals surface area contributed by atoms with Crippen LogP contribution >= 0.6 is 0 Å². The summed E-state index contributed by atoms with van der Waals surface area (Å²) in [6.45, 7) is 9.17. The molecule has 106 valence electrons. The van der Waals surface area contributed by atoms with Gasteiger partial charge in [-0.2, -0.15) is 0 Å².